The summed E-state index contributed by atoms with van der Waals surface area (Å²) in [4.78, 5) is 11.2. The van der Waals surface area contributed by atoms with Crippen molar-refractivity contribution in [3.63, 3.8) is 0 Å². The van der Waals surface area contributed by atoms with Crippen LogP contribution in [0.2, 0.25) is 0 Å². The van der Waals surface area contributed by atoms with Gasteiger partial charge in [0.05, 0.1) is 19.8 Å². The molecule has 100 valence electrons. The van der Waals surface area contributed by atoms with E-state index in [1.54, 1.807) is 6.92 Å². The summed E-state index contributed by atoms with van der Waals surface area (Å²) in [6, 6.07) is 2.90. The van der Waals surface area contributed by atoms with Crippen molar-refractivity contribution in [2.24, 2.45) is 5.73 Å². The number of carbonyl (C=O) groups is 1. The first kappa shape index (κ1) is 14.2. The number of carbonyl (C=O) groups excluding carboxylic acids is 1. The van der Waals surface area contributed by atoms with Crippen LogP contribution in [0.15, 0.2) is 18.2 Å². The number of nitrogens with two attached hydrogens (primary N) is 1. The second-order valence-corrected chi connectivity index (χ2v) is 3.60. The highest BCUT2D eigenvalue weighted by Gasteiger charge is 2.29. The fraction of sp³-hybridized carbons (Fsp3) is 0.417. The van der Waals surface area contributed by atoms with Crippen LogP contribution in [-0.4, -0.2) is 31.0 Å². The van der Waals surface area contributed by atoms with Gasteiger partial charge in [-0.25, -0.2) is 9.18 Å². The first-order valence-electron chi connectivity index (χ1n) is 5.44. The number of alkyl halides is 1. The molecule has 0 saturated heterocycles. The summed E-state index contributed by atoms with van der Waals surface area (Å²) in [7, 11) is 1.43. The maximum absolute atomic E-state index is 13.7. The lowest BCUT2D eigenvalue weighted by Crippen LogP contribution is -2.31. The SMILES string of the molecule is CCOC(=O)C(F)[C@H](N)c1cc(OC)ccc1O. The first-order chi connectivity index (χ1) is 8.51. The lowest BCUT2D eigenvalue weighted by molar-refractivity contribution is -0.149. The van der Waals surface area contributed by atoms with Gasteiger partial charge in [-0.3, -0.25) is 0 Å². The minimum absolute atomic E-state index is 0.0655. The average molecular weight is 257 g/mol. The van der Waals surface area contributed by atoms with Crippen LogP contribution in [0.25, 0.3) is 0 Å². The monoisotopic (exact) mass is 257 g/mol. The van der Waals surface area contributed by atoms with Gasteiger partial charge in [-0.05, 0) is 25.1 Å². The highest BCUT2D eigenvalue weighted by molar-refractivity contribution is 5.76. The molecule has 1 unspecified atom stereocenters. The van der Waals surface area contributed by atoms with Crippen LogP contribution < -0.4 is 10.5 Å². The van der Waals surface area contributed by atoms with Crippen LogP contribution in [0.3, 0.4) is 0 Å². The number of benzene rings is 1. The third kappa shape index (κ3) is 3.10. The smallest absolute Gasteiger partial charge is 0.342 e. The number of esters is 1. The van der Waals surface area contributed by atoms with Crippen LogP contribution in [-0.2, 0) is 9.53 Å². The number of phenols is 1. The van der Waals surface area contributed by atoms with Gasteiger partial charge in [-0.15, -0.1) is 0 Å². The number of rotatable bonds is 5. The zero-order valence-electron chi connectivity index (χ0n) is 10.2. The Morgan fingerprint density at radius 2 is 2.22 bits per heavy atom. The van der Waals surface area contributed by atoms with Crippen molar-refractivity contribution in [2.75, 3.05) is 13.7 Å². The van der Waals surface area contributed by atoms with Crippen molar-refractivity contribution >= 4 is 5.97 Å². The zero-order chi connectivity index (χ0) is 13.7. The molecule has 0 amide bonds. The van der Waals surface area contributed by atoms with E-state index in [1.807, 2.05) is 0 Å². The van der Waals surface area contributed by atoms with Crippen molar-refractivity contribution in [3.8, 4) is 11.5 Å². The Morgan fingerprint density at radius 3 is 2.78 bits per heavy atom. The molecule has 0 aromatic heterocycles. The van der Waals surface area contributed by atoms with Crippen molar-refractivity contribution in [1.29, 1.82) is 0 Å². The molecule has 1 aromatic carbocycles. The van der Waals surface area contributed by atoms with Gasteiger partial charge in [0, 0.05) is 5.56 Å². The Bertz CT molecular complexity index is 425. The highest BCUT2D eigenvalue weighted by atomic mass is 19.1. The second-order valence-electron chi connectivity index (χ2n) is 3.60. The lowest BCUT2D eigenvalue weighted by Gasteiger charge is -2.17. The molecule has 0 fully saturated rings. The summed E-state index contributed by atoms with van der Waals surface area (Å²) in [6.07, 6.45) is -2.04. The molecule has 0 spiro atoms. The summed E-state index contributed by atoms with van der Waals surface area (Å²) < 4.78 is 23.2. The van der Waals surface area contributed by atoms with Gasteiger partial charge in [0.1, 0.15) is 11.5 Å². The van der Waals surface area contributed by atoms with Crippen molar-refractivity contribution in [1.82, 2.24) is 0 Å². The van der Waals surface area contributed by atoms with E-state index in [2.05, 4.69) is 4.74 Å². The molecule has 3 N–H and O–H groups in total. The van der Waals surface area contributed by atoms with Crippen LogP contribution in [0, 0.1) is 0 Å². The van der Waals surface area contributed by atoms with Gasteiger partial charge in [0.25, 0.3) is 0 Å². The quantitative estimate of drug-likeness (QED) is 0.777. The Morgan fingerprint density at radius 1 is 1.56 bits per heavy atom. The maximum Gasteiger partial charge on any atom is 0.342 e. The number of methoxy groups -OCH3 is 1. The number of hydrogen-bond donors (Lipinski definition) is 2. The first-order valence-corrected chi connectivity index (χ1v) is 5.44. The van der Waals surface area contributed by atoms with Crippen LogP contribution >= 0.6 is 0 Å². The van der Waals surface area contributed by atoms with E-state index in [-0.39, 0.29) is 17.9 Å². The molecule has 0 aliphatic heterocycles. The van der Waals surface area contributed by atoms with E-state index >= 15 is 0 Å². The minimum Gasteiger partial charge on any atom is -0.508 e. The number of halogens is 1. The molecule has 1 rings (SSSR count). The van der Waals surface area contributed by atoms with Crippen LogP contribution in [0.1, 0.15) is 18.5 Å². The predicted octanol–water partition coefficient (Wildman–Crippen LogP) is 1.30. The molecule has 0 radical (unpaired) electrons. The molecule has 0 saturated carbocycles. The normalized spacial score (nSPS) is 13.8. The van der Waals surface area contributed by atoms with Crippen LogP contribution in [0.5, 0.6) is 11.5 Å². The molecule has 2 atom stereocenters. The molecule has 0 heterocycles. The van der Waals surface area contributed by atoms with E-state index in [1.165, 1.54) is 25.3 Å². The summed E-state index contributed by atoms with van der Waals surface area (Å²) in [5.41, 5.74) is 5.70. The minimum atomic E-state index is -2.04. The van der Waals surface area contributed by atoms with E-state index in [0.717, 1.165) is 0 Å². The number of ether oxygens (including phenoxy) is 2. The Hall–Kier alpha value is -1.82. The topological polar surface area (TPSA) is 81.8 Å². The Labute approximate surface area is 104 Å². The Kier molecular flexibility index (Phi) is 4.91. The molecule has 6 heteroatoms. The van der Waals surface area contributed by atoms with E-state index in [4.69, 9.17) is 10.5 Å². The third-order valence-corrected chi connectivity index (χ3v) is 2.42. The molecule has 18 heavy (non-hydrogen) atoms. The standard InChI is InChI=1S/C12H16FNO4/c1-3-18-12(16)10(13)11(14)8-6-7(17-2)4-5-9(8)15/h4-6,10-11,15H,3,14H2,1-2H3/t10?,11-/m1/s1. The van der Waals surface area contributed by atoms with Crippen molar-refractivity contribution in [3.05, 3.63) is 23.8 Å². The van der Waals surface area contributed by atoms with Crippen molar-refractivity contribution < 1.29 is 23.8 Å². The van der Waals surface area contributed by atoms with Crippen molar-refractivity contribution in [2.45, 2.75) is 19.1 Å². The second kappa shape index (κ2) is 6.20. The molecular formula is C12H16FNO4. The number of aromatic hydroxyl groups is 1. The fourth-order valence-corrected chi connectivity index (χ4v) is 1.45. The third-order valence-electron chi connectivity index (χ3n) is 2.42. The largest absolute Gasteiger partial charge is 0.508 e. The molecular weight excluding hydrogens is 241 g/mol. The van der Waals surface area contributed by atoms with Gasteiger partial charge >= 0.3 is 5.97 Å². The van der Waals surface area contributed by atoms with E-state index in [0.29, 0.717) is 5.75 Å². The number of hydrogen-bond acceptors (Lipinski definition) is 5. The molecule has 1 aromatic rings. The van der Waals surface area contributed by atoms with Gasteiger partial charge in [-0.1, -0.05) is 0 Å². The van der Waals surface area contributed by atoms with E-state index < -0.39 is 18.2 Å². The fourth-order valence-electron chi connectivity index (χ4n) is 1.45. The van der Waals surface area contributed by atoms with Gasteiger partial charge < -0.3 is 20.3 Å². The molecule has 0 aliphatic rings. The predicted molar refractivity (Wildman–Crippen MR) is 63.1 cm³/mol. The summed E-state index contributed by atoms with van der Waals surface area (Å²) in [5, 5.41) is 9.61. The highest BCUT2D eigenvalue weighted by Crippen LogP contribution is 2.30. The van der Waals surface area contributed by atoms with Gasteiger partial charge in [0.2, 0.25) is 6.17 Å². The van der Waals surface area contributed by atoms with Crippen LogP contribution in [0.4, 0.5) is 4.39 Å². The Balaban J connectivity index is 2.95. The lowest BCUT2D eigenvalue weighted by atomic mass is 10.0. The van der Waals surface area contributed by atoms with Gasteiger partial charge in [0.15, 0.2) is 0 Å². The summed E-state index contributed by atoms with van der Waals surface area (Å²) in [6.45, 7) is 1.63. The summed E-state index contributed by atoms with van der Waals surface area (Å²) in [5.74, 6) is -0.836. The average Bonchev–Trinajstić information content (AvgIpc) is 2.38. The zero-order valence-corrected chi connectivity index (χ0v) is 10.2. The molecule has 0 aliphatic carbocycles. The number of phenolic OH excluding ortho intramolecular Hbond substituents is 1. The maximum atomic E-state index is 13.7. The van der Waals surface area contributed by atoms with E-state index in [9.17, 15) is 14.3 Å². The molecule has 5 nitrogen and oxygen atoms in total. The molecule has 0 bridgehead atoms. The summed E-state index contributed by atoms with van der Waals surface area (Å²) >= 11 is 0. The van der Waals surface area contributed by atoms with Gasteiger partial charge in [-0.2, -0.15) is 0 Å².